The van der Waals surface area contributed by atoms with Crippen molar-refractivity contribution < 1.29 is 0 Å². The molecule has 0 bridgehead atoms. The molecule has 2 atom stereocenters. The quantitative estimate of drug-likeness (QED) is 0.662. The third-order valence-corrected chi connectivity index (χ3v) is 4.62. The van der Waals surface area contributed by atoms with Crippen LogP contribution < -0.4 is 10.2 Å². The molecule has 2 heterocycles. The number of rotatable bonds is 5. The molecule has 3 rings (SSSR count). The molecule has 0 spiro atoms. The highest BCUT2D eigenvalue weighted by atomic mass is 15.4. The molecule has 6 heteroatoms. The third-order valence-electron chi connectivity index (χ3n) is 4.62. The van der Waals surface area contributed by atoms with E-state index in [1.807, 2.05) is 6.07 Å². The molecule has 1 aliphatic heterocycles. The van der Waals surface area contributed by atoms with Crippen LogP contribution in [-0.4, -0.2) is 59.6 Å². The van der Waals surface area contributed by atoms with E-state index in [-0.39, 0.29) is 0 Å². The van der Waals surface area contributed by atoms with Gasteiger partial charge in [0.1, 0.15) is 0 Å². The topological polar surface area (TPSA) is 56.7 Å². The summed E-state index contributed by atoms with van der Waals surface area (Å²) in [6, 6.07) is 2.49. The second-order valence-corrected chi connectivity index (χ2v) is 6.36. The normalized spacial score (nSPS) is 24.7. The van der Waals surface area contributed by atoms with Crippen molar-refractivity contribution in [2.24, 2.45) is 10.9 Å². The van der Waals surface area contributed by atoms with Crippen molar-refractivity contribution >= 4 is 11.9 Å². The molecule has 0 radical (unpaired) electrons. The van der Waals surface area contributed by atoms with Crippen molar-refractivity contribution in [3.8, 4) is 0 Å². The van der Waals surface area contributed by atoms with Crippen LogP contribution in [0.4, 0.5) is 5.95 Å². The Morgan fingerprint density at radius 3 is 2.61 bits per heavy atom. The minimum atomic E-state index is 0.635. The van der Waals surface area contributed by atoms with Gasteiger partial charge in [-0.05, 0) is 31.7 Å². The van der Waals surface area contributed by atoms with E-state index in [1.165, 1.54) is 19.3 Å². The summed E-state index contributed by atoms with van der Waals surface area (Å²) in [6.07, 6.45) is 7.52. The van der Waals surface area contributed by atoms with Gasteiger partial charge in [-0.15, -0.1) is 0 Å². The van der Waals surface area contributed by atoms with Crippen molar-refractivity contribution in [2.75, 3.05) is 37.6 Å². The molecule has 1 aliphatic carbocycles. The first-order valence-corrected chi connectivity index (χ1v) is 8.89. The lowest BCUT2D eigenvalue weighted by Gasteiger charge is -2.36. The van der Waals surface area contributed by atoms with Crippen LogP contribution in [0.1, 0.15) is 33.1 Å². The number of guanidine groups is 1. The summed E-state index contributed by atoms with van der Waals surface area (Å²) in [5, 5.41) is 3.68. The SMILES string of the molecule is CCCC1CC1NC(=NCC)N1CCN(c2ncccn2)CC1. The second-order valence-electron chi connectivity index (χ2n) is 6.36. The smallest absolute Gasteiger partial charge is 0.225 e. The largest absolute Gasteiger partial charge is 0.353 e. The number of nitrogens with one attached hydrogen (secondary N) is 1. The van der Waals surface area contributed by atoms with Crippen LogP contribution in [0, 0.1) is 5.92 Å². The molecule has 2 fully saturated rings. The van der Waals surface area contributed by atoms with Gasteiger partial charge in [-0.25, -0.2) is 9.97 Å². The standard InChI is InChI=1S/C17H28N6/c1-3-6-14-13-15(14)21-17(18-4-2)23-11-9-22(10-12-23)16-19-7-5-8-20-16/h5,7-8,14-15H,3-4,6,9-13H2,1-2H3,(H,18,21). The van der Waals surface area contributed by atoms with Crippen LogP contribution in [0.2, 0.25) is 0 Å². The van der Waals surface area contributed by atoms with Crippen LogP contribution >= 0.6 is 0 Å². The lowest BCUT2D eigenvalue weighted by atomic mass is 10.2. The molecule has 1 aromatic heterocycles. The fraction of sp³-hybridized carbons (Fsp3) is 0.706. The van der Waals surface area contributed by atoms with E-state index < -0.39 is 0 Å². The van der Waals surface area contributed by atoms with E-state index >= 15 is 0 Å². The van der Waals surface area contributed by atoms with Gasteiger partial charge in [0.15, 0.2) is 5.96 Å². The van der Waals surface area contributed by atoms with Crippen molar-refractivity contribution in [2.45, 2.75) is 39.2 Å². The molecule has 2 unspecified atom stereocenters. The summed E-state index contributed by atoms with van der Waals surface area (Å²) in [5.41, 5.74) is 0. The van der Waals surface area contributed by atoms with Gasteiger partial charge in [0, 0.05) is 51.2 Å². The van der Waals surface area contributed by atoms with Crippen LogP contribution in [0.5, 0.6) is 0 Å². The van der Waals surface area contributed by atoms with Gasteiger partial charge < -0.3 is 15.1 Å². The fourth-order valence-corrected chi connectivity index (χ4v) is 3.24. The Bertz CT molecular complexity index is 509. The molecule has 126 valence electrons. The number of hydrogen-bond donors (Lipinski definition) is 1. The van der Waals surface area contributed by atoms with E-state index in [0.717, 1.165) is 50.5 Å². The first-order valence-electron chi connectivity index (χ1n) is 8.89. The second kappa shape index (κ2) is 7.62. The lowest BCUT2D eigenvalue weighted by Crippen LogP contribution is -2.53. The predicted octanol–water partition coefficient (Wildman–Crippen LogP) is 1.75. The Kier molecular flexibility index (Phi) is 5.31. The van der Waals surface area contributed by atoms with Crippen LogP contribution in [0.25, 0.3) is 0 Å². The van der Waals surface area contributed by atoms with Crippen molar-refractivity contribution in [1.82, 2.24) is 20.2 Å². The Hall–Kier alpha value is -1.85. The van der Waals surface area contributed by atoms with Gasteiger partial charge in [-0.3, -0.25) is 4.99 Å². The number of piperazine rings is 1. The highest BCUT2D eigenvalue weighted by Crippen LogP contribution is 2.34. The van der Waals surface area contributed by atoms with E-state index in [9.17, 15) is 0 Å². The molecule has 0 amide bonds. The summed E-state index contributed by atoms with van der Waals surface area (Å²) in [5.74, 6) is 2.77. The summed E-state index contributed by atoms with van der Waals surface area (Å²) < 4.78 is 0. The maximum Gasteiger partial charge on any atom is 0.225 e. The molecule has 23 heavy (non-hydrogen) atoms. The van der Waals surface area contributed by atoms with Crippen molar-refractivity contribution in [3.63, 3.8) is 0 Å². The van der Waals surface area contributed by atoms with E-state index in [0.29, 0.717) is 6.04 Å². The van der Waals surface area contributed by atoms with E-state index in [2.05, 4.69) is 38.9 Å². The number of nitrogens with zero attached hydrogens (tertiary/aromatic N) is 5. The average Bonchev–Trinajstić information content (AvgIpc) is 3.33. The zero-order valence-electron chi connectivity index (χ0n) is 14.3. The molecule has 2 aliphatic rings. The number of anilines is 1. The Balaban J connectivity index is 1.53. The Labute approximate surface area is 139 Å². The fourth-order valence-electron chi connectivity index (χ4n) is 3.24. The van der Waals surface area contributed by atoms with Gasteiger partial charge in [0.05, 0.1) is 0 Å². The maximum atomic E-state index is 4.70. The van der Waals surface area contributed by atoms with Crippen LogP contribution in [0.15, 0.2) is 23.5 Å². The number of aliphatic imine (C=N–C) groups is 1. The molecule has 1 N–H and O–H groups in total. The number of hydrogen-bond acceptors (Lipinski definition) is 4. The van der Waals surface area contributed by atoms with Gasteiger partial charge >= 0.3 is 0 Å². The van der Waals surface area contributed by atoms with Crippen LogP contribution in [0.3, 0.4) is 0 Å². The van der Waals surface area contributed by atoms with Crippen molar-refractivity contribution in [1.29, 1.82) is 0 Å². The maximum absolute atomic E-state index is 4.70. The van der Waals surface area contributed by atoms with Crippen LogP contribution in [-0.2, 0) is 0 Å². The predicted molar refractivity (Wildman–Crippen MR) is 93.7 cm³/mol. The third kappa shape index (κ3) is 4.12. The molecular formula is C17H28N6. The average molecular weight is 316 g/mol. The Morgan fingerprint density at radius 2 is 1.96 bits per heavy atom. The minimum Gasteiger partial charge on any atom is -0.353 e. The summed E-state index contributed by atoms with van der Waals surface area (Å²) in [4.78, 5) is 18.0. The van der Waals surface area contributed by atoms with Gasteiger partial charge in [0.25, 0.3) is 0 Å². The van der Waals surface area contributed by atoms with Crippen molar-refractivity contribution in [3.05, 3.63) is 18.5 Å². The molecule has 1 aromatic rings. The summed E-state index contributed by atoms with van der Waals surface area (Å²) in [6.45, 7) is 9.02. The number of aromatic nitrogens is 2. The first-order chi connectivity index (χ1) is 11.3. The van der Waals surface area contributed by atoms with Gasteiger partial charge in [-0.1, -0.05) is 13.3 Å². The molecule has 1 saturated heterocycles. The zero-order chi connectivity index (χ0) is 16.1. The van der Waals surface area contributed by atoms with Gasteiger partial charge in [0.2, 0.25) is 5.95 Å². The molecule has 0 aromatic carbocycles. The highest BCUT2D eigenvalue weighted by molar-refractivity contribution is 5.81. The summed E-state index contributed by atoms with van der Waals surface area (Å²) in [7, 11) is 0. The summed E-state index contributed by atoms with van der Waals surface area (Å²) >= 11 is 0. The zero-order valence-corrected chi connectivity index (χ0v) is 14.3. The van der Waals surface area contributed by atoms with Gasteiger partial charge in [-0.2, -0.15) is 0 Å². The van der Waals surface area contributed by atoms with E-state index in [1.54, 1.807) is 12.4 Å². The van der Waals surface area contributed by atoms with E-state index in [4.69, 9.17) is 4.99 Å². The monoisotopic (exact) mass is 316 g/mol. The Morgan fingerprint density at radius 1 is 1.22 bits per heavy atom. The highest BCUT2D eigenvalue weighted by Gasteiger charge is 2.37. The first kappa shape index (κ1) is 16.0. The molecular weight excluding hydrogens is 288 g/mol. The molecule has 6 nitrogen and oxygen atoms in total. The minimum absolute atomic E-state index is 0.635. The molecule has 1 saturated carbocycles. The lowest BCUT2D eigenvalue weighted by molar-refractivity contribution is 0.368.